The Kier molecular flexibility index (Phi) is 9.16. The minimum atomic E-state index is -0.0440. The highest BCUT2D eigenvalue weighted by Crippen LogP contribution is 2.24. The predicted molar refractivity (Wildman–Crippen MR) is 137 cm³/mol. The smallest absolute Gasteiger partial charge is 0.255 e. The van der Waals surface area contributed by atoms with Gasteiger partial charge in [0.1, 0.15) is 0 Å². The molecule has 3 rings (SSSR count). The van der Waals surface area contributed by atoms with Crippen molar-refractivity contribution >= 4 is 22.6 Å². The van der Waals surface area contributed by atoms with Crippen molar-refractivity contribution in [2.75, 3.05) is 19.7 Å². The van der Waals surface area contributed by atoms with Gasteiger partial charge in [-0.3, -0.25) is 14.6 Å². The van der Waals surface area contributed by atoms with Gasteiger partial charge in [0.2, 0.25) is 0 Å². The summed E-state index contributed by atoms with van der Waals surface area (Å²) in [5, 5.41) is 10.1. The molecule has 0 spiro atoms. The third kappa shape index (κ3) is 6.20. The molecule has 34 heavy (non-hydrogen) atoms. The lowest BCUT2D eigenvalue weighted by molar-refractivity contribution is -0.115. The molecule has 2 heterocycles. The van der Waals surface area contributed by atoms with Crippen molar-refractivity contribution < 1.29 is 14.7 Å². The van der Waals surface area contributed by atoms with Crippen molar-refractivity contribution in [3.8, 4) is 11.3 Å². The van der Waals surface area contributed by atoms with Crippen LogP contribution in [0.3, 0.4) is 0 Å². The molecule has 0 aliphatic carbocycles. The fourth-order valence-electron chi connectivity index (χ4n) is 4.15. The number of benzene rings is 1. The number of rotatable bonds is 12. The number of hydrogen-bond donors (Lipinski definition) is 1. The van der Waals surface area contributed by atoms with E-state index >= 15 is 0 Å². The van der Waals surface area contributed by atoms with E-state index in [0.717, 1.165) is 28.6 Å². The van der Waals surface area contributed by atoms with Gasteiger partial charge >= 0.3 is 0 Å². The van der Waals surface area contributed by atoms with Crippen LogP contribution in [0.4, 0.5) is 0 Å². The van der Waals surface area contributed by atoms with E-state index in [9.17, 15) is 9.59 Å². The molecule has 0 aliphatic rings. The van der Waals surface area contributed by atoms with Crippen molar-refractivity contribution in [1.82, 2.24) is 14.5 Å². The Bertz CT molecular complexity index is 1150. The van der Waals surface area contributed by atoms with Gasteiger partial charge in [0.25, 0.3) is 5.91 Å². The molecule has 0 saturated carbocycles. The summed E-state index contributed by atoms with van der Waals surface area (Å²) in [6, 6.07) is 12.1. The highest BCUT2D eigenvalue weighted by molar-refractivity contribution is 5.95. The van der Waals surface area contributed by atoms with Gasteiger partial charge in [-0.05, 0) is 61.6 Å². The highest BCUT2D eigenvalue weighted by atomic mass is 16.3. The molecule has 1 amide bonds. The van der Waals surface area contributed by atoms with E-state index in [2.05, 4.69) is 33.8 Å². The number of aliphatic hydroxyl groups is 1. The molecule has 1 aromatic carbocycles. The monoisotopic (exact) mass is 461 g/mol. The molecule has 0 aliphatic heterocycles. The zero-order chi connectivity index (χ0) is 24.5. The molecule has 0 bridgehead atoms. The largest absolute Gasteiger partial charge is 0.396 e. The molecular weight excluding hydrogens is 426 g/mol. The Hall–Kier alpha value is -3.25. The fourth-order valence-corrected chi connectivity index (χ4v) is 4.15. The van der Waals surface area contributed by atoms with Gasteiger partial charge in [-0.15, -0.1) is 0 Å². The second-order valence-corrected chi connectivity index (χ2v) is 8.55. The van der Waals surface area contributed by atoms with Gasteiger partial charge in [0, 0.05) is 62.0 Å². The average Bonchev–Trinajstić information content (AvgIpc) is 3.24. The van der Waals surface area contributed by atoms with Crippen molar-refractivity contribution in [2.24, 2.45) is 7.05 Å². The van der Waals surface area contributed by atoms with Gasteiger partial charge in [-0.1, -0.05) is 26.0 Å². The van der Waals surface area contributed by atoms with Crippen LogP contribution in [0.25, 0.3) is 22.2 Å². The lowest BCUT2D eigenvalue weighted by Gasteiger charge is -2.21. The zero-order valence-electron chi connectivity index (χ0n) is 20.5. The maximum atomic E-state index is 13.1. The number of hydrogen-bond acceptors (Lipinski definition) is 4. The summed E-state index contributed by atoms with van der Waals surface area (Å²) < 4.78 is 2.08. The quantitative estimate of drug-likeness (QED) is 0.378. The number of carbonyl (C=O) groups is 2. The summed E-state index contributed by atoms with van der Waals surface area (Å²) >= 11 is 0. The number of aromatic nitrogens is 2. The van der Waals surface area contributed by atoms with E-state index in [1.165, 1.54) is 5.52 Å². The zero-order valence-corrected chi connectivity index (χ0v) is 20.5. The molecule has 6 heteroatoms. The van der Waals surface area contributed by atoms with Crippen LogP contribution in [0.15, 0.2) is 60.4 Å². The fraction of sp³-hybridized carbons (Fsp3) is 0.393. The SMILES string of the molecule is CCCN(CC/C=C(/CC)C(=O)CCCO)C(=O)c1ccc(-c2ccc3c(ccn3C)c2)nc1. The number of fused-ring (bicyclic) bond motifs is 1. The van der Waals surface area contributed by atoms with E-state index < -0.39 is 0 Å². The van der Waals surface area contributed by atoms with E-state index in [4.69, 9.17) is 5.11 Å². The predicted octanol–water partition coefficient (Wildman–Crippen LogP) is 5.16. The lowest BCUT2D eigenvalue weighted by atomic mass is 10.0. The Morgan fingerprint density at radius 3 is 2.62 bits per heavy atom. The van der Waals surface area contributed by atoms with Gasteiger partial charge in [0.05, 0.1) is 11.3 Å². The number of ketones is 1. The summed E-state index contributed by atoms with van der Waals surface area (Å²) in [5.41, 5.74) is 4.36. The first-order chi connectivity index (χ1) is 16.5. The van der Waals surface area contributed by atoms with Crippen LogP contribution in [0.5, 0.6) is 0 Å². The molecule has 3 aromatic rings. The molecule has 0 unspecified atom stereocenters. The Labute approximate surface area is 201 Å². The first-order valence-corrected chi connectivity index (χ1v) is 12.1. The van der Waals surface area contributed by atoms with E-state index in [-0.39, 0.29) is 18.3 Å². The molecule has 0 radical (unpaired) electrons. The number of aliphatic hydroxyl groups excluding tert-OH is 1. The van der Waals surface area contributed by atoms with Gasteiger partial charge in [-0.25, -0.2) is 0 Å². The summed E-state index contributed by atoms with van der Waals surface area (Å²) in [6.07, 6.45) is 8.62. The van der Waals surface area contributed by atoms with Crippen LogP contribution in [0.1, 0.15) is 56.3 Å². The van der Waals surface area contributed by atoms with Gasteiger partial charge in [0.15, 0.2) is 5.78 Å². The van der Waals surface area contributed by atoms with Crippen LogP contribution < -0.4 is 0 Å². The summed E-state index contributed by atoms with van der Waals surface area (Å²) in [5.74, 6) is 0.0378. The van der Waals surface area contributed by atoms with Crippen LogP contribution in [0.2, 0.25) is 0 Å². The normalized spacial score (nSPS) is 11.7. The molecule has 6 nitrogen and oxygen atoms in total. The number of aryl methyl sites for hydroxylation is 1. The van der Waals surface area contributed by atoms with Crippen molar-refractivity contribution in [3.63, 3.8) is 0 Å². The number of amides is 1. The maximum absolute atomic E-state index is 13.1. The van der Waals surface area contributed by atoms with Crippen LogP contribution >= 0.6 is 0 Å². The number of carbonyl (C=O) groups excluding carboxylic acids is 2. The highest BCUT2D eigenvalue weighted by Gasteiger charge is 2.16. The van der Waals surface area contributed by atoms with Crippen molar-refractivity contribution in [1.29, 1.82) is 0 Å². The molecule has 180 valence electrons. The number of nitrogens with zero attached hydrogens (tertiary/aromatic N) is 3. The molecule has 0 saturated heterocycles. The molecular formula is C28H35N3O3. The lowest BCUT2D eigenvalue weighted by Crippen LogP contribution is -2.32. The number of Topliss-reactive ketones (excluding diaryl/α,β-unsaturated/α-hetero) is 1. The number of allylic oxidation sites excluding steroid dienone is 1. The van der Waals surface area contributed by atoms with E-state index in [1.807, 2.05) is 50.2 Å². The van der Waals surface area contributed by atoms with E-state index in [0.29, 0.717) is 44.3 Å². The molecule has 0 atom stereocenters. The van der Waals surface area contributed by atoms with Gasteiger partial charge < -0.3 is 14.6 Å². The molecule has 0 fully saturated rings. The van der Waals surface area contributed by atoms with Crippen molar-refractivity contribution in [2.45, 2.75) is 46.0 Å². The van der Waals surface area contributed by atoms with Gasteiger partial charge in [-0.2, -0.15) is 0 Å². The Balaban J connectivity index is 1.68. The standard InChI is InChI=1S/C28H35N3O3/c1-4-15-31(16-6-8-21(5-2)27(33)9-7-18-32)28(34)24-10-12-25(29-20-24)22-11-13-26-23(19-22)14-17-30(26)3/h8,10-14,17,19-20,32H,4-7,9,15-16,18H2,1-3H3/b21-8-. The first kappa shape index (κ1) is 25.4. The van der Waals surface area contributed by atoms with E-state index in [1.54, 1.807) is 6.20 Å². The minimum absolute atomic E-state index is 0.0230. The van der Waals surface area contributed by atoms with Crippen LogP contribution in [-0.2, 0) is 11.8 Å². The van der Waals surface area contributed by atoms with Crippen LogP contribution in [-0.4, -0.2) is 50.9 Å². The number of pyridine rings is 1. The summed E-state index contributed by atoms with van der Waals surface area (Å²) in [7, 11) is 2.02. The second-order valence-electron chi connectivity index (χ2n) is 8.55. The Morgan fingerprint density at radius 1 is 1.12 bits per heavy atom. The maximum Gasteiger partial charge on any atom is 0.255 e. The summed E-state index contributed by atoms with van der Waals surface area (Å²) in [6.45, 7) is 5.23. The molecule has 2 aromatic heterocycles. The summed E-state index contributed by atoms with van der Waals surface area (Å²) in [4.78, 5) is 31.8. The van der Waals surface area contributed by atoms with Crippen LogP contribution in [0, 0.1) is 0 Å². The Morgan fingerprint density at radius 2 is 1.94 bits per heavy atom. The second kappa shape index (κ2) is 12.3. The topological polar surface area (TPSA) is 75.4 Å². The minimum Gasteiger partial charge on any atom is -0.396 e. The molecule has 1 N–H and O–H groups in total. The first-order valence-electron chi connectivity index (χ1n) is 12.1. The third-order valence-electron chi connectivity index (χ3n) is 6.06. The average molecular weight is 462 g/mol. The van der Waals surface area contributed by atoms with Crippen molar-refractivity contribution in [3.05, 3.63) is 66.0 Å². The third-order valence-corrected chi connectivity index (χ3v) is 6.06.